The zero-order valence-corrected chi connectivity index (χ0v) is 8.68. The SMILES string of the molecule is C#CCNC1CCC(CCC)CC1. The van der Waals surface area contributed by atoms with Gasteiger partial charge in [-0.25, -0.2) is 0 Å². The maximum atomic E-state index is 5.21. The Kier molecular flexibility index (Phi) is 4.93. The van der Waals surface area contributed by atoms with Crippen molar-refractivity contribution in [2.75, 3.05) is 6.54 Å². The normalized spacial score (nSPS) is 28.3. The maximum Gasteiger partial charge on any atom is 0.0575 e. The van der Waals surface area contributed by atoms with Crippen molar-refractivity contribution in [3.05, 3.63) is 0 Å². The molecular formula is C12H21N. The molecule has 0 amide bonds. The predicted octanol–water partition coefficient (Wildman–Crippen LogP) is 2.57. The Morgan fingerprint density at radius 3 is 2.54 bits per heavy atom. The summed E-state index contributed by atoms with van der Waals surface area (Å²) in [6, 6.07) is 0.698. The second-order valence-electron chi connectivity index (χ2n) is 4.09. The van der Waals surface area contributed by atoms with E-state index in [1.165, 1.54) is 38.5 Å². The lowest BCUT2D eigenvalue weighted by atomic mass is 9.83. The Morgan fingerprint density at radius 2 is 2.00 bits per heavy atom. The molecule has 1 nitrogen and oxygen atoms in total. The Hall–Kier alpha value is -0.480. The highest BCUT2D eigenvalue weighted by molar-refractivity contribution is 4.89. The van der Waals surface area contributed by atoms with Crippen molar-refractivity contribution >= 4 is 0 Å². The molecule has 0 aromatic heterocycles. The number of nitrogens with one attached hydrogen (secondary N) is 1. The van der Waals surface area contributed by atoms with Crippen LogP contribution in [0.4, 0.5) is 0 Å². The third-order valence-electron chi connectivity index (χ3n) is 3.04. The summed E-state index contributed by atoms with van der Waals surface area (Å²) in [5.74, 6) is 3.63. The monoisotopic (exact) mass is 179 g/mol. The molecule has 74 valence electrons. The summed E-state index contributed by atoms with van der Waals surface area (Å²) in [4.78, 5) is 0. The number of hydrogen-bond acceptors (Lipinski definition) is 1. The minimum absolute atomic E-state index is 0.698. The van der Waals surface area contributed by atoms with Gasteiger partial charge in [0, 0.05) is 6.04 Å². The van der Waals surface area contributed by atoms with E-state index >= 15 is 0 Å². The molecule has 0 aliphatic heterocycles. The van der Waals surface area contributed by atoms with Crippen LogP contribution in [0.1, 0.15) is 45.4 Å². The van der Waals surface area contributed by atoms with Crippen LogP contribution in [0.2, 0.25) is 0 Å². The maximum absolute atomic E-state index is 5.21. The minimum Gasteiger partial charge on any atom is -0.303 e. The third kappa shape index (κ3) is 3.83. The van der Waals surface area contributed by atoms with Crippen LogP contribution in [-0.4, -0.2) is 12.6 Å². The highest BCUT2D eigenvalue weighted by Gasteiger charge is 2.19. The summed E-state index contributed by atoms with van der Waals surface area (Å²) in [6.07, 6.45) is 13.4. The van der Waals surface area contributed by atoms with Crippen molar-refractivity contribution in [3.8, 4) is 12.3 Å². The van der Waals surface area contributed by atoms with Gasteiger partial charge in [0.05, 0.1) is 6.54 Å². The molecule has 13 heavy (non-hydrogen) atoms. The fourth-order valence-electron chi connectivity index (χ4n) is 2.27. The molecule has 0 bridgehead atoms. The van der Waals surface area contributed by atoms with E-state index in [0.717, 1.165) is 12.5 Å². The van der Waals surface area contributed by atoms with Crippen LogP contribution >= 0.6 is 0 Å². The first-order chi connectivity index (χ1) is 6.36. The van der Waals surface area contributed by atoms with Gasteiger partial charge >= 0.3 is 0 Å². The van der Waals surface area contributed by atoms with Crippen LogP contribution in [0.25, 0.3) is 0 Å². The molecule has 1 N–H and O–H groups in total. The molecule has 1 heteroatoms. The van der Waals surface area contributed by atoms with E-state index in [1.807, 2.05) is 0 Å². The lowest BCUT2D eigenvalue weighted by molar-refractivity contribution is 0.284. The smallest absolute Gasteiger partial charge is 0.0575 e. The van der Waals surface area contributed by atoms with Gasteiger partial charge in [-0.2, -0.15) is 0 Å². The van der Waals surface area contributed by atoms with Gasteiger partial charge in [-0.3, -0.25) is 0 Å². The van der Waals surface area contributed by atoms with E-state index in [-0.39, 0.29) is 0 Å². The van der Waals surface area contributed by atoms with E-state index in [2.05, 4.69) is 18.2 Å². The van der Waals surface area contributed by atoms with Crippen molar-refractivity contribution in [1.29, 1.82) is 0 Å². The van der Waals surface area contributed by atoms with E-state index in [1.54, 1.807) is 0 Å². The zero-order valence-electron chi connectivity index (χ0n) is 8.68. The standard InChI is InChI=1S/C12H21N/c1-3-5-11-6-8-12(9-7-11)13-10-4-2/h2,11-13H,3,5-10H2,1H3. The lowest BCUT2D eigenvalue weighted by Gasteiger charge is -2.28. The van der Waals surface area contributed by atoms with Crippen molar-refractivity contribution < 1.29 is 0 Å². The molecule has 1 rings (SSSR count). The Morgan fingerprint density at radius 1 is 1.31 bits per heavy atom. The quantitative estimate of drug-likeness (QED) is 0.654. The van der Waals surface area contributed by atoms with Gasteiger partial charge in [-0.15, -0.1) is 6.42 Å². The van der Waals surface area contributed by atoms with Gasteiger partial charge in [-0.05, 0) is 31.6 Å². The summed E-state index contributed by atoms with van der Waals surface area (Å²) < 4.78 is 0. The summed E-state index contributed by atoms with van der Waals surface area (Å²) in [6.45, 7) is 3.02. The van der Waals surface area contributed by atoms with Gasteiger partial charge in [-0.1, -0.05) is 25.7 Å². The van der Waals surface area contributed by atoms with Crippen LogP contribution in [-0.2, 0) is 0 Å². The Labute approximate surface area is 82.3 Å². The first-order valence-electron chi connectivity index (χ1n) is 5.53. The first kappa shape index (κ1) is 10.6. The summed E-state index contributed by atoms with van der Waals surface area (Å²) >= 11 is 0. The first-order valence-corrected chi connectivity index (χ1v) is 5.53. The Balaban J connectivity index is 2.12. The van der Waals surface area contributed by atoms with Crippen LogP contribution in [0.3, 0.4) is 0 Å². The molecule has 1 aliphatic rings. The molecule has 0 aromatic carbocycles. The van der Waals surface area contributed by atoms with Gasteiger partial charge in [0.1, 0.15) is 0 Å². The summed E-state index contributed by atoms with van der Waals surface area (Å²) in [7, 11) is 0. The van der Waals surface area contributed by atoms with E-state index in [9.17, 15) is 0 Å². The van der Waals surface area contributed by atoms with Crippen molar-refractivity contribution in [3.63, 3.8) is 0 Å². The molecular weight excluding hydrogens is 158 g/mol. The van der Waals surface area contributed by atoms with E-state index in [4.69, 9.17) is 6.42 Å². The fourth-order valence-corrected chi connectivity index (χ4v) is 2.27. The van der Waals surface area contributed by atoms with Crippen LogP contribution in [0.5, 0.6) is 0 Å². The van der Waals surface area contributed by atoms with Gasteiger partial charge in [0.15, 0.2) is 0 Å². The third-order valence-corrected chi connectivity index (χ3v) is 3.04. The zero-order chi connectivity index (χ0) is 9.52. The van der Waals surface area contributed by atoms with Gasteiger partial charge in [0.25, 0.3) is 0 Å². The average Bonchev–Trinajstić information content (AvgIpc) is 2.17. The number of rotatable bonds is 4. The van der Waals surface area contributed by atoms with Crippen molar-refractivity contribution in [2.24, 2.45) is 5.92 Å². The molecule has 0 spiro atoms. The largest absolute Gasteiger partial charge is 0.303 e. The highest BCUT2D eigenvalue weighted by Crippen LogP contribution is 2.27. The summed E-state index contributed by atoms with van der Waals surface area (Å²) in [5.41, 5.74) is 0. The Bertz CT molecular complexity index is 160. The van der Waals surface area contributed by atoms with Gasteiger partial charge in [0.2, 0.25) is 0 Å². The topological polar surface area (TPSA) is 12.0 Å². The molecule has 0 atom stereocenters. The van der Waals surface area contributed by atoms with Crippen molar-refractivity contribution in [2.45, 2.75) is 51.5 Å². The second kappa shape index (κ2) is 6.05. The number of terminal acetylenes is 1. The van der Waals surface area contributed by atoms with E-state index in [0.29, 0.717) is 6.04 Å². The second-order valence-corrected chi connectivity index (χ2v) is 4.09. The van der Waals surface area contributed by atoms with Crippen LogP contribution < -0.4 is 5.32 Å². The number of hydrogen-bond donors (Lipinski definition) is 1. The summed E-state index contributed by atoms with van der Waals surface area (Å²) in [5, 5.41) is 3.40. The molecule has 1 aliphatic carbocycles. The molecule has 0 heterocycles. The highest BCUT2D eigenvalue weighted by atomic mass is 14.9. The fraction of sp³-hybridized carbons (Fsp3) is 0.833. The molecule has 0 radical (unpaired) electrons. The van der Waals surface area contributed by atoms with Crippen LogP contribution in [0, 0.1) is 18.3 Å². The van der Waals surface area contributed by atoms with Crippen LogP contribution in [0.15, 0.2) is 0 Å². The molecule has 1 fully saturated rings. The van der Waals surface area contributed by atoms with E-state index < -0.39 is 0 Å². The van der Waals surface area contributed by atoms with Gasteiger partial charge < -0.3 is 5.32 Å². The average molecular weight is 179 g/mol. The molecule has 0 unspecified atom stereocenters. The lowest BCUT2D eigenvalue weighted by Crippen LogP contribution is -2.33. The molecule has 0 aromatic rings. The molecule has 1 saturated carbocycles. The minimum atomic E-state index is 0.698. The predicted molar refractivity (Wildman–Crippen MR) is 57.5 cm³/mol. The molecule has 0 saturated heterocycles. The van der Waals surface area contributed by atoms with Crippen molar-refractivity contribution in [1.82, 2.24) is 5.32 Å².